The molecule has 0 aromatic heterocycles. The van der Waals surface area contributed by atoms with Crippen LogP contribution in [0.3, 0.4) is 0 Å². The Morgan fingerprint density at radius 2 is 1.95 bits per heavy atom. The lowest BCUT2D eigenvalue weighted by atomic mass is 9.85. The van der Waals surface area contributed by atoms with Crippen LogP contribution >= 0.6 is 0 Å². The van der Waals surface area contributed by atoms with E-state index in [1.165, 1.54) is 51.4 Å². The van der Waals surface area contributed by atoms with Crippen molar-refractivity contribution in [3.05, 3.63) is 0 Å². The molecule has 0 spiro atoms. The van der Waals surface area contributed by atoms with Gasteiger partial charge in [-0.05, 0) is 44.1 Å². The smallest absolute Gasteiger partial charge is 0.220 e. The van der Waals surface area contributed by atoms with Crippen molar-refractivity contribution in [3.63, 3.8) is 0 Å². The zero-order valence-corrected chi connectivity index (χ0v) is 12.0. The third-order valence-electron chi connectivity index (χ3n) is 5.32. The van der Waals surface area contributed by atoms with E-state index in [-0.39, 0.29) is 5.91 Å². The fourth-order valence-corrected chi connectivity index (χ4v) is 4.05. The molecule has 1 heterocycles. The standard InChI is InChI=1S/C16H28N2O/c19-16(9-8-13-7-4-10-17-13)18-15-11-14(15)12-5-2-1-3-6-12/h12-15,17H,1-11H2,(H,18,19)/t13-,14+,15-/m0/s1. The van der Waals surface area contributed by atoms with Crippen LogP contribution in [0.15, 0.2) is 0 Å². The van der Waals surface area contributed by atoms with E-state index in [0.29, 0.717) is 18.5 Å². The van der Waals surface area contributed by atoms with Gasteiger partial charge in [-0.3, -0.25) is 4.79 Å². The van der Waals surface area contributed by atoms with E-state index in [1.54, 1.807) is 0 Å². The number of hydrogen-bond donors (Lipinski definition) is 2. The number of amides is 1. The first kappa shape index (κ1) is 13.4. The lowest BCUT2D eigenvalue weighted by Gasteiger charge is -2.21. The Morgan fingerprint density at radius 3 is 2.68 bits per heavy atom. The van der Waals surface area contributed by atoms with Crippen molar-refractivity contribution in [2.75, 3.05) is 6.54 Å². The summed E-state index contributed by atoms with van der Waals surface area (Å²) in [5, 5.41) is 6.72. The molecule has 0 radical (unpaired) electrons. The van der Waals surface area contributed by atoms with Crippen LogP contribution < -0.4 is 10.6 Å². The molecule has 0 aromatic rings. The molecule has 3 heteroatoms. The molecule has 3 atom stereocenters. The molecule has 1 aliphatic heterocycles. The summed E-state index contributed by atoms with van der Waals surface area (Å²) in [5.74, 6) is 2.02. The van der Waals surface area contributed by atoms with Gasteiger partial charge in [0.2, 0.25) is 5.91 Å². The molecule has 3 nitrogen and oxygen atoms in total. The molecule has 0 aromatic carbocycles. The average Bonchev–Trinajstić information content (AvgIpc) is 3.00. The molecule has 0 unspecified atom stereocenters. The lowest BCUT2D eigenvalue weighted by molar-refractivity contribution is -0.121. The first-order chi connectivity index (χ1) is 9.33. The van der Waals surface area contributed by atoms with Gasteiger partial charge < -0.3 is 10.6 Å². The minimum absolute atomic E-state index is 0.289. The van der Waals surface area contributed by atoms with Crippen molar-refractivity contribution in [1.29, 1.82) is 0 Å². The molecule has 3 fully saturated rings. The van der Waals surface area contributed by atoms with Crippen LogP contribution in [0.4, 0.5) is 0 Å². The molecule has 2 N–H and O–H groups in total. The van der Waals surface area contributed by atoms with Gasteiger partial charge in [-0.15, -0.1) is 0 Å². The van der Waals surface area contributed by atoms with Crippen LogP contribution in [0, 0.1) is 11.8 Å². The largest absolute Gasteiger partial charge is 0.353 e. The molecular weight excluding hydrogens is 236 g/mol. The number of carbonyl (C=O) groups excluding carboxylic acids is 1. The summed E-state index contributed by atoms with van der Waals surface area (Å²) in [6, 6.07) is 1.12. The summed E-state index contributed by atoms with van der Waals surface area (Å²) in [4.78, 5) is 11.9. The van der Waals surface area contributed by atoms with E-state index in [0.717, 1.165) is 24.8 Å². The Kier molecular flexibility index (Phi) is 4.42. The monoisotopic (exact) mass is 264 g/mol. The van der Waals surface area contributed by atoms with E-state index in [4.69, 9.17) is 0 Å². The number of hydrogen-bond acceptors (Lipinski definition) is 2. The van der Waals surface area contributed by atoms with Crippen molar-refractivity contribution in [2.24, 2.45) is 11.8 Å². The molecule has 3 rings (SSSR count). The predicted molar refractivity (Wildman–Crippen MR) is 76.9 cm³/mol. The fourth-order valence-electron chi connectivity index (χ4n) is 4.05. The first-order valence-electron chi connectivity index (χ1n) is 8.35. The molecule has 2 saturated carbocycles. The first-order valence-corrected chi connectivity index (χ1v) is 8.35. The van der Waals surface area contributed by atoms with Gasteiger partial charge in [-0.1, -0.05) is 32.1 Å². The normalized spacial score (nSPS) is 35.3. The highest BCUT2D eigenvalue weighted by atomic mass is 16.1. The van der Waals surface area contributed by atoms with Crippen LogP contribution in [0.1, 0.15) is 64.2 Å². The van der Waals surface area contributed by atoms with Gasteiger partial charge in [-0.25, -0.2) is 0 Å². The van der Waals surface area contributed by atoms with Crippen LogP contribution in [-0.2, 0) is 4.79 Å². The van der Waals surface area contributed by atoms with E-state index in [2.05, 4.69) is 10.6 Å². The van der Waals surface area contributed by atoms with E-state index >= 15 is 0 Å². The summed E-state index contributed by atoms with van der Waals surface area (Å²) in [7, 11) is 0. The maximum absolute atomic E-state index is 11.9. The number of carbonyl (C=O) groups is 1. The van der Waals surface area contributed by atoms with E-state index in [9.17, 15) is 4.79 Å². The molecular formula is C16H28N2O. The van der Waals surface area contributed by atoms with Gasteiger partial charge in [0.05, 0.1) is 0 Å². The summed E-state index contributed by atoms with van der Waals surface area (Å²) < 4.78 is 0. The number of rotatable bonds is 5. The number of nitrogens with one attached hydrogen (secondary N) is 2. The second-order valence-electron chi connectivity index (χ2n) is 6.80. The Morgan fingerprint density at radius 1 is 1.11 bits per heavy atom. The Balaban J connectivity index is 1.32. The second kappa shape index (κ2) is 6.25. The topological polar surface area (TPSA) is 41.1 Å². The summed E-state index contributed by atoms with van der Waals surface area (Å²) in [5.41, 5.74) is 0. The van der Waals surface area contributed by atoms with Gasteiger partial charge >= 0.3 is 0 Å². The van der Waals surface area contributed by atoms with Gasteiger partial charge in [0, 0.05) is 18.5 Å². The van der Waals surface area contributed by atoms with Crippen LogP contribution in [0.25, 0.3) is 0 Å². The fraction of sp³-hybridized carbons (Fsp3) is 0.938. The second-order valence-corrected chi connectivity index (χ2v) is 6.80. The van der Waals surface area contributed by atoms with Crippen molar-refractivity contribution in [3.8, 4) is 0 Å². The van der Waals surface area contributed by atoms with Crippen LogP contribution in [-0.4, -0.2) is 24.5 Å². The minimum atomic E-state index is 0.289. The summed E-state index contributed by atoms with van der Waals surface area (Å²) in [6.07, 6.45) is 12.6. The van der Waals surface area contributed by atoms with Gasteiger partial charge in [0.1, 0.15) is 0 Å². The minimum Gasteiger partial charge on any atom is -0.353 e. The molecule has 0 bridgehead atoms. The van der Waals surface area contributed by atoms with Crippen LogP contribution in [0.5, 0.6) is 0 Å². The molecule has 1 saturated heterocycles. The molecule has 1 amide bonds. The van der Waals surface area contributed by atoms with Crippen molar-refractivity contribution < 1.29 is 4.79 Å². The summed E-state index contributed by atoms with van der Waals surface area (Å²) >= 11 is 0. The highest BCUT2D eigenvalue weighted by molar-refractivity contribution is 5.76. The average molecular weight is 264 g/mol. The SMILES string of the molecule is O=C(CC[C@@H]1CCCN1)N[C@H]1C[C@@H]1C1CCCCC1. The Labute approximate surface area is 116 Å². The maximum Gasteiger partial charge on any atom is 0.220 e. The molecule has 3 aliphatic rings. The van der Waals surface area contributed by atoms with Gasteiger partial charge in [0.25, 0.3) is 0 Å². The Bertz CT molecular complexity index is 306. The van der Waals surface area contributed by atoms with Gasteiger partial charge in [-0.2, -0.15) is 0 Å². The van der Waals surface area contributed by atoms with E-state index < -0.39 is 0 Å². The van der Waals surface area contributed by atoms with Crippen molar-refractivity contribution in [1.82, 2.24) is 10.6 Å². The zero-order valence-electron chi connectivity index (χ0n) is 12.0. The third kappa shape index (κ3) is 3.71. The molecule has 2 aliphatic carbocycles. The molecule has 19 heavy (non-hydrogen) atoms. The third-order valence-corrected chi connectivity index (χ3v) is 5.32. The quantitative estimate of drug-likeness (QED) is 0.801. The van der Waals surface area contributed by atoms with Crippen molar-refractivity contribution >= 4 is 5.91 Å². The Hall–Kier alpha value is -0.570. The molecule has 108 valence electrons. The predicted octanol–water partition coefficient (Wildman–Crippen LogP) is 2.60. The summed E-state index contributed by atoms with van der Waals surface area (Å²) in [6.45, 7) is 1.14. The van der Waals surface area contributed by atoms with E-state index in [1.807, 2.05) is 0 Å². The highest BCUT2D eigenvalue weighted by Gasteiger charge is 2.43. The maximum atomic E-state index is 11.9. The van der Waals surface area contributed by atoms with Gasteiger partial charge in [0.15, 0.2) is 0 Å². The van der Waals surface area contributed by atoms with Crippen molar-refractivity contribution in [2.45, 2.75) is 76.3 Å². The zero-order chi connectivity index (χ0) is 13.1. The lowest BCUT2D eigenvalue weighted by Crippen LogP contribution is -2.30. The highest BCUT2D eigenvalue weighted by Crippen LogP contribution is 2.44. The van der Waals surface area contributed by atoms with Crippen LogP contribution in [0.2, 0.25) is 0 Å².